The zero-order chi connectivity index (χ0) is 12.0. The summed E-state index contributed by atoms with van der Waals surface area (Å²) in [5.41, 5.74) is 0. The second-order valence-corrected chi connectivity index (χ2v) is 4.63. The molecule has 0 aromatic carbocycles. The predicted molar refractivity (Wildman–Crippen MR) is 67.7 cm³/mol. The molecule has 0 spiro atoms. The average Bonchev–Trinajstić information content (AvgIpc) is 2.68. The van der Waals surface area contributed by atoms with E-state index < -0.39 is 0 Å². The van der Waals surface area contributed by atoms with E-state index in [2.05, 4.69) is 29.0 Å². The molecule has 0 saturated carbocycles. The molecule has 96 valence electrons. The minimum absolute atomic E-state index is 0.236. The van der Waals surface area contributed by atoms with Crippen molar-refractivity contribution < 1.29 is 5.11 Å². The van der Waals surface area contributed by atoms with Crippen molar-refractivity contribution in [2.45, 2.75) is 32.4 Å². The van der Waals surface area contributed by atoms with E-state index in [1.807, 2.05) is 7.05 Å². The summed E-state index contributed by atoms with van der Waals surface area (Å²) in [7, 11) is 1.88. The summed E-state index contributed by atoms with van der Waals surface area (Å²) in [6.45, 7) is 10.4. The second-order valence-electron chi connectivity index (χ2n) is 4.63. The number of nitrogens with one attached hydrogen (secondary N) is 1. The molecule has 2 N–H and O–H groups in total. The summed E-state index contributed by atoms with van der Waals surface area (Å²) in [5, 5.41) is 12.7. The minimum Gasteiger partial charge on any atom is -0.390 e. The van der Waals surface area contributed by atoms with Crippen LogP contribution in [0.5, 0.6) is 0 Å². The number of hydrogen-bond acceptors (Lipinski definition) is 4. The maximum Gasteiger partial charge on any atom is 0.0791 e. The quantitative estimate of drug-likeness (QED) is 0.644. The smallest absolute Gasteiger partial charge is 0.0791 e. The van der Waals surface area contributed by atoms with Crippen LogP contribution in [0.1, 0.15) is 20.3 Å². The van der Waals surface area contributed by atoms with Crippen LogP contribution in [0, 0.1) is 0 Å². The van der Waals surface area contributed by atoms with Gasteiger partial charge < -0.3 is 10.4 Å². The van der Waals surface area contributed by atoms with Crippen LogP contribution in [0.25, 0.3) is 0 Å². The standard InChI is InChI=1S/C12H27N3O/c1-4-15(5-2)11-6-7-14(9-11)10-12(16)8-13-3/h11-13,16H,4-10H2,1-3H3. The molecule has 0 aliphatic carbocycles. The molecule has 2 unspecified atom stereocenters. The van der Waals surface area contributed by atoms with Crippen LogP contribution in [-0.4, -0.2) is 73.4 Å². The molecule has 4 heteroatoms. The third kappa shape index (κ3) is 4.01. The molecule has 0 aromatic rings. The molecule has 16 heavy (non-hydrogen) atoms. The Hall–Kier alpha value is -0.160. The van der Waals surface area contributed by atoms with E-state index in [1.54, 1.807) is 0 Å². The van der Waals surface area contributed by atoms with Crippen molar-refractivity contribution in [1.29, 1.82) is 0 Å². The fourth-order valence-corrected chi connectivity index (χ4v) is 2.61. The van der Waals surface area contributed by atoms with Crippen LogP contribution in [0.4, 0.5) is 0 Å². The molecular formula is C12H27N3O. The van der Waals surface area contributed by atoms with Crippen LogP contribution in [0.3, 0.4) is 0 Å². The molecule has 0 amide bonds. The molecule has 2 atom stereocenters. The fourth-order valence-electron chi connectivity index (χ4n) is 2.61. The molecular weight excluding hydrogens is 202 g/mol. The Labute approximate surface area is 99.6 Å². The highest BCUT2D eigenvalue weighted by molar-refractivity contribution is 4.83. The Balaban J connectivity index is 2.29. The van der Waals surface area contributed by atoms with E-state index in [9.17, 15) is 5.11 Å². The summed E-state index contributed by atoms with van der Waals surface area (Å²) in [4.78, 5) is 4.90. The van der Waals surface area contributed by atoms with Crippen molar-refractivity contribution in [1.82, 2.24) is 15.1 Å². The predicted octanol–water partition coefficient (Wildman–Crippen LogP) is -0.0172. The molecule has 0 radical (unpaired) electrons. The molecule has 1 fully saturated rings. The van der Waals surface area contributed by atoms with Gasteiger partial charge in [-0.15, -0.1) is 0 Å². The lowest BCUT2D eigenvalue weighted by molar-refractivity contribution is 0.119. The SMILES string of the molecule is CCN(CC)C1CCN(CC(O)CNC)C1. The monoisotopic (exact) mass is 229 g/mol. The first kappa shape index (κ1) is 13.9. The van der Waals surface area contributed by atoms with Crippen molar-refractivity contribution in [3.8, 4) is 0 Å². The number of aliphatic hydroxyl groups excluding tert-OH is 1. The normalized spacial score (nSPS) is 24.2. The van der Waals surface area contributed by atoms with Crippen molar-refractivity contribution in [3.05, 3.63) is 0 Å². The van der Waals surface area contributed by atoms with Crippen LogP contribution in [-0.2, 0) is 0 Å². The molecule has 1 heterocycles. The highest BCUT2D eigenvalue weighted by Gasteiger charge is 2.26. The topological polar surface area (TPSA) is 38.7 Å². The van der Waals surface area contributed by atoms with Gasteiger partial charge in [-0.1, -0.05) is 13.8 Å². The Morgan fingerprint density at radius 2 is 2.12 bits per heavy atom. The molecule has 1 aliphatic heterocycles. The van der Waals surface area contributed by atoms with Crippen LogP contribution < -0.4 is 5.32 Å². The van der Waals surface area contributed by atoms with Gasteiger partial charge in [0.25, 0.3) is 0 Å². The van der Waals surface area contributed by atoms with E-state index >= 15 is 0 Å². The molecule has 0 bridgehead atoms. The Bertz CT molecular complexity index is 185. The van der Waals surface area contributed by atoms with Crippen molar-refractivity contribution in [3.63, 3.8) is 0 Å². The number of hydrogen-bond donors (Lipinski definition) is 2. The van der Waals surface area contributed by atoms with Gasteiger partial charge in [-0.05, 0) is 33.1 Å². The zero-order valence-corrected chi connectivity index (χ0v) is 10.9. The summed E-state index contributed by atoms with van der Waals surface area (Å²) in [6.07, 6.45) is 1.01. The molecule has 1 aliphatic rings. The van der Waals surface area contributed by atoms with Gasteiger partial charge in [-0.3, -0.25) is 9.80 Å². The summed E-state index contributed by atoms with van der Waals surface area (Å²) >= 11 is 0. The molecule has 1 rings (SSSR count). The van der Waals surface area contributed by atoms with Crippen LogP contribution in [0.15, 0.2) is 0 Å². The van der Waals surface area contributed by atoms with E-state index in [-0.39, 0.29) is 6.10 Å². The van der Waals surface area contributed by atoms with Gasteiger partial charge >= 0.3 is 0 Å². The zero-order valence-electron chi connectivity index (χ0n) is 10.9. The lowest BCUT2D eigenvalue weighted by Gasteiger charge is -2.26. The summed E-state index contributed by atoms with van der Waals surface area (Å²) in [6, 6.07) is 0.691. The summed E-state index contributed by atoms with van der Waals surface area (Å²) < 4.78 is 0. The molecule has 1 saturated heterocycles. The lowest BCUT2D eigenvalue weighted by atomic mass is 10.2. The van der Waals surface area contributed by atoms with Gasteiger partial charge in [0.15, 0.2) is 0 Å². The maximum atomic E-state index is 9.73. The van der Waals surface area contributed by atoms with Crippen LogP contribution in [0.2, 0.25) is 0 Å². The fraction of sp³-hybridized carbons (Fsp3) is 1.00. The maximum absolute atomic E-state index is 9.73. The first-order valence-electron chi connectivity index (χ1n) is 6.50. The minimum atomic E-state index is -0.236. The van der Waals surface area contributed by atoms with Crippen LogP contribution >= 0.6 is 0 Å². The Morgan fingerprint density at radius 1 is 1.44 bits per heavy atom. The molecule has 0 aromatic heterocycles. The van der Waals surface area contributed by atoms with Gasteiger partial charge in [0, 0.05) is 25.7 Å². The third-order valence-electron chi connectivity index (χ3n) is 3.48. The summed E-state index contributed by atoms with van der Waals surface area (Å²) in [5.74, 6) is 0. The third-order valence-corrected chi connectivity index (χ3v) is 3.48. The van der Waals surface area contributed by atoms with Gasteiger partial charge in [-0.25, -0.2) is 0 Å². The van der Waals surface area contributed by atoms with Gasteiger partial charge in [0.1, 0.15) is 0 Å². The first-order valence-corrected chi connectivity index (χ1v) is 6.50. The first-order chi connectivity index (χ1) is 7.71. The van der Waals surface area contributed by atoms with Crippen molar-refractivity contribution >= 4 is 0 Å². The number of nitrogens with zero attached hydrogens (tertiary/aromatic N) is 2. The van der Waals surface area contributed by atoms with E-state index in [1.165, 1.54) is 6.42 Å². The number of likely N-dealkylation sites (tertiary alicyclic amines) is 1. The molecule has 4 nitrogen and oxygen atoms in total. The number of β-amino-alcohol motifs (C(OH)–C–C–N with tert-alkyl or cyclic N) is 1. The van der Waals surface area contributed by atoms with E-state index in [0.717, 1.165) is 32.7 Å². The number of likely N-dealkylation sites (N-methyl/N-ethyl adjacent to an activating group) is 2. The number of rotatable bonds is 7. The highest BCUT2D eigenvalue weighted by Crippen LogP contribution is 2.15. The Kier molecular flexibility index (Phi) is 6.28. The van der Waals surface area contributed by atoms with Gasteiger partial charge in [-0.2, -0.15) is 0 Å². The van der Waals surface area contributed by atoms with E-state index in [4.69, 9.17) is 0 Å². The van der Waals surface area contributed by atoms with Crippen molar-refractivity contribution in [2.75, 3.05) is 46.3 Å². The average molecular weight is 229 g/mol. The van der Waals surface area contributed by atoms with E-state index in [0.29, 0.717) is 12.6 Å². The number of aliphatic hydroxyl groups is 1. The van der Waals surface area contributed by atoms with Gasteiger partial charge in [0.05, 0.1) is 6.10 Å². The second kappa shape index (κ2) is 7.22. The Morgan fingerprint density at radius 3 is 2.69 bits per heavy atom. The lowest BCUT2D eigenvalue weighted by Crippen LogP contribution is -2.40. The highest BCUT2D eigenvalue weighted by atomic mass is 16.3. The van der Waals surface area contributed by atoms with Gasteiger partial charge in [0.2, 0.25) is 0 Å². The largest absolute Gasteiger partial charge is 0.390 e. The van der Waals surface area contributed by atoms with Crippen molar-refractivity contribution in [2.24, 2.45) is 0 Å².